The van der Waals surface area contributed by atoms with E-state index < -0.39 is 5.72 Å². The summed E-state index contributed by atoms with van der Waals surface area (Å²) in [5.74, 6) is 2.55. The van der Waals surface area contributed by atoms with Crippen LogP contribution in [0.4, 0.5) is 0 Å². The van der Waals surface area contributed by atoms with Crippen LogP contribution in [0, 0.1) is 0 Å². The third-order valence-corrected chi connectivity index (χ3v) is 7.51. The molecular formula is C29H31N3O3. The zero-order valence-corrected chi connectivity index (χ0v) is 20.3. The van der Waals surface area contributed by atoms with Gasteiger partial charge in [0, 0.05) is 56.1 Å². The second kappa shape index (κ2) is 8.93. The molecule has 3 aliphatic heterocycles. The molecule has 1 fully saturated rings. The van der Waals surface area contributed by atoms with Crippen LogP contribution in [-0.2, 0) is 6.54 Å². The second-order valence-corrected chi connectivity index (χ2v) is 9.53. The number of ether oxygens (including phenoxy) is 3. The first-order chi connectivity index (χ1) is 17.2. The SMILES string of the molecule is COc1ccc(C2=NN3[C@H](C2)c2ccccc2OC32CCN(Cc3ccccc3)CC2)c(OC)c1. The normalized spacial score (nSPS) is 20.6. The van der Waals surface area contributed by atoms with E-state index >= 15 is 0 Å². The zero-order chi connectivity index (χ0) is 23.8. The highest BCUT2D eigenvalue weighted by atomic mass is 16.5. The number of benzene rings is 3. The molecule has 35 heavy (non-hydrogen) atoms. The quantitative estimate of drug-likeness (QED) is 0.511. The average molecular weight is 470 g/mol. The molecule has 6 nitrogen and oxygen atoms in total. The molecule has 3 aliphatic rings. The summed E-state index contributed by atoms with van der Waals surface area (Å²) in [7, 11) is 3.37. The first kappa shape index (κ1) is 22.0. The summed E-state index contributed by atoms with van der Waals surface area (Å²) >= 11 is 0. The van der Waals surface area contributed by atoms with Gasteiger partial charge in [-0.15, -0.1) is 0 Å². The molecule has 0 aromatic heterocycles. The van der Waals surface area contributed by atoms with Crippen molar-refractivity contribution in [3.8, 4) is 17.2 Å². The van der Waals surface area contributed by atoms with Gasteiger partial charge in [0.05, 0.1) is 26.0 Å². The Balaban J connectivity index is 1.31. The van der Waals surface area contributed by atoms with Crippen LogP contribution in [0.3, 0.4) is 0 Å². The molecular weight excluding hydrogens is 438 g/mol. The minimum atomic E-state index is -0.437. The number of likely N-dealkylation sites (tertiary alicyclic amines) is 1. The molecule has 6 rings (SSSR count). The standard InChI is InChI=1S/C29H31N3O3/c1-33-22-12-13-23(28(18-22)34-2)25-19-26-24-10-6-7-11-27(24)35-29(32(26)30-25)14-16-31(17-15-29)20-21-8-4-3-5-9-21/h3-13,18,26H,14-17,19-20H2,1-2H3/t26-/m1/s1. The molecule has 3 aromatic rings. The topological polar surface area (TPSA) is 46.5 Å². The van der Waals surface area contributed by atoms with Crippen molar-refractivity contribution in [2.75, 3.05) is 27.3 Å². The van der Waals surface area contributed by atoms with Crippen LogP contribution in [0.1, 0.15) is 42.0 Å². The molecule has 0 aliphatic carbocycles. The second-order valence-electron chi connectivity index (χ2n) is 9.53. The molecule has 1 atom stereocenters. The molecule has 0 unspecified atom stereocenters. The van der Waals surface area contributed by atoms with Crippen molar-refractivity contribution in [2.45, 2.75) is 37.6 Å². The van der Waals surface area contributed by atoms with Gasteiger partial charge in [-0.3, -0.25) is 4.90 Å². The number of hydrogen-bond donors (Lipinski definition) is 0. The first-order valence-electron chi connectivity index (χ1n) is 12.3. The van der Waals surface area contributed by atoms with E-state index in [4.69, 9.17) is 19.3 Å². The van der Waals surface area contributed by atoms with Crippen molar-refractivity contribution in [1.82, 2.24) is 9.91 Å². The predicted octanol–water partition coefficient (Wildman–Crippen LogP) is 5.24. The van der Waals surface area contributed by atoms with Crippen LogP contribution >= 0.6 is 0 Å². The summed E-state index contributed by atoms with van der Waals surface area (Å²) in [5.41, 5.74) is 4.16. The monoisotopic (exact) mass is 469 g/mol. The average Bonchev–Trinajstić information content (AvgIpc) is 3.37. The van der Waals surface area contributed by atoms with Crippen LogP contribution in [0.5, 0.6) is 17.2 Å². The van der Waals surface area contributed by atoms with Crippen LogP contribution < -0.4 is 14.2 Å². The summed E-state index contributed by atoms with van der Waals surface area (Å²) < 4.78 is 17.9. The molecule has 6 heteroatoms. The van der Waals surface area contributed by atoms with Gasteiger partial charge in [-0.25, -0.2) is 5.01 Å². The molecule has 3 heterocycles. The van der Waals surface area contributed by atoms with Crippen LogP contribution in [0.15, 0.2) is 77.9 Å². The Kier molecular flexibility index (Phi) is 5.61. The maximum absolute atomic E-state index is 6.79. The summed E-state index contributed by atoms with van der Waals surface area (Å²) in [6.07, 6.45) is 2.63. The number of hydrazone groups is 1. The van der Waals surface area contributed by atoms with Gasteiger partial charge in [0.2, 0.25) is 5.72 Å². The molecule has 0 radical (unpaired) electrons. The minimum absolute atomic E-state index is 0.155. The van der Waals surface area contributed by atoms with Gasteiger partial charge >= 0.3 is 0 Å². The number of nitrogens with zero attached hydrogens (tertiary/aromatic N) is 3. The van der Waals surface area contributed by atoms with Gasteiger partial charge in [0.25, 0.3) is 0 Å². The summed E-state index contributed by atoms with van der Waals surface area (Å²) in [6, 6.07) is 25.2. The number of fused-ring (bicyclic) bond motifs is 4. The number of methoxy groups -OCH3 is 2. The Morgan fingerprint density at radius 2 is 1.71 bits per heavy atom. The number of piperidine rings is 1. The lowest BCUT2D eigenvalue weighted by Crippen LogP contribution is -2.59. The summed E-state index contributed by atoms with van der Waals surface area (Å²) in [4.78, 5) is 2.52. The number of para-hydroxylation sites is 1. The van der Waals surface area contributed by atoms with Gasteiger partial charge < -0.3 is 14.2 Å². The Bertz CT molecular complexity index is 1230. The third-order valence-electron chi connectivity index (χ3n) is 7.51. The van der Waals surface area contributed by atoms with E-state index in [0.29, 0.717) is 0 Å². The molecule has 0 saturated carbocycles. The summed E-state index contributed by atoms with van der Waals surface area (Å²) in [5, 5.41) is 7.47. The molecule has 0 amide bonds. The molecule has 3 aromatic carbocycles. The minimum Gasteiger partial charge on any atom is -0.497 e. The third kappa shape index (κ3) is 3.92. The highest BCUT2D eigenvalue weighted by Gasteiger charge is 2.51. The summed E-state index contributed by atoms with van der Waals surface area (Å²) in [6.45, 7) is 2.91. The van der Waals surface area contributed by atoms with Gasteiger partial charge in [-0.05, 0) is 23.8 Å². The fraction of sp³-hybridized carbons (Fsp3) is 0.345. The maximum Gasteiger partial charge on any atom is 0.200 e. The van der Waals surface area contributed by atoms with E-state index in [2.05, 4.69) is 70.6 Å². The Labute approximate surface area is 206 Å². The van der Waals surface area contributed by atoms with E-state index in [-0.39, 0.29) is 6.04 Å². The van der Waals surface area contributed by atoms with Crippen LogP contribution in [0.2, 0.25) is 0 Å². The van der Waals surface area contributed by atoms with E-state index in [9.17, 15) is 0 Å². The molecule has 0 N–H and O–H groups in total. The van der Waals surface area contributed by atoms with E-state index in [1.165, 1.54) is 11.1 Å². The van der Waals surface area contributed by atoms with Crippen molar-refractivity contribution in [2.24, 2.45) is 5.10 Å². The predicted molar refractivity (Wildman–Crippen MR) is 136 cm³/mol. The Morgan fingerprint density at radius 1 is 0.943 bits per heavy atom. The van der Waals surface area contributed by atoms with Gasteiger partial charge in [0.15, 0.2) is 0 Å². The lowest BCUT2D eigenvalue weighted by molar-refractivity contribution is -0.150. The van der Waals surface area contributed by atoms with E-state index in [1.54, 1.807) is 14.2 Å². The van der Waals surface area contributed by atoms with E-state index in [1.807, 2.05) is 12.1 Å². The molecule has 0 bridgehead atoms. The number of hydrogen-bond acceptors (Lipinski definition) is 6. The van der Waals surface area contributed by atoms with Crippen molar-refractivity contribution >= 4 is 5.71 Å². The largest absolute Gasteiger partial charge is 0.497 e. The highest BCUT2D eigenvalue weighted by Crippen LogP contribution is 2.50. The maximum atomic E-state index is 6.79. The van der Waals surface area contributed by atoms with Crippen molar-refractivity contribution in [3.05, 3.63) is 89.5 Å². The van der Waals surface area contributed by atoms with Gasteiger partial charge in [-0.2, -0.15) is 5.10 Å². The van der Waals surface area contributed by atoms with Gasteiger partial charge in [-0.1, -0.05) is 48.5 Å². The Hall–Kier alpha value is -3.51. The lowest BCUT2D eigenvalue weighted by atomic mass is 9.90. The van der Waals surface area contributed by atoms with Crippen LogP contribution in [-0.4, -0.2) is 48.7 Å². The molecule has 1 saturated heterocycles. The highest BCUT2D eigenvalue weighted by molar-refractivity contribution is 6.04. The smallest absolute Gasteiger partial charge is 0.200 e. The first-order valence-corrected chi connectivity index (χ1v) is 12.3. The van der Waals surface area contributed by atoms with Crippen LogP contribution in [0.25, 0.3) is 0 Å². The zero-order valence-electron chi connectivity index (χ0n) is 20.3. The Morgan fingerprint density at radius 3 is 2.49 bits per heavy atom. The fourth-order valence-electron chi connectivity index (χ4n) is 5.66. The lowest BCUT2D eigenvalue weighted by Gasteiger charge is -2.51. The van der Waals surface area contributed by atoms with Crippen molar-refractivity contribution in [1.29, 1.82) is 0 Å². The molecule has 180 valence electrons. The van der Waals surface area contributed by atoms with Gasteiger partial charge in [0.1, 0.15) is 17.2 Å². The number of rotatable bonds is 5. The fourth-order valence-corrected chi connectivity index (χ4v) is 5.66. The molecule has 1 spiro atoms. The van der Waals surface area contributed by atoms with Crippen molar-refractivity contribution in [3.63, 3.8) is 0 Å². The van der Waals surface area contributed by atoms with E-state index in [0.717, 1.165) is 67.4 Å². The van der Waals surface area contributed by atoms with Crippen molar-refractivity contribution < 1.29 is 14.2 Å².